The second-order valence-corrected chi connectivity index (χ2v) is 17.1. The van der Waals surface area contributed by atoms with Crippen LogP contribution in [0.5, 0.6) is 11.5 Å². The second-order valence-electron chi connectivity index (χ2n) is 15.1. The molecule has 1 atom stereocenters. The first kappa shape index (κ1) is 41.7. The van der Waals surface area contributed by atoms with Gasteiger partial charge in [0.05, 0.1) is 23.3 Å². The van der Waals surface area contributed by atoms with E-state index in [1.165, 1.54) is 6.26 Å². The van der Waals surface area contributed by atoms with Gasteiger partial charge >= 0.3 is 0 Å². The Morgan fingerprint density at radius 3 is 1.90 bits per heavy atom. The third-order valence-corrected chi connectivity index (χ3v) is 11.7. The normalized spacial score (nSPS) is 12.3. The van der Waals surface area contributed by atoms with E-state index < -0.39 is 27.2 Å². The smallest absolute Gasteiger partial charge is 0.223 e. The SMILES string of the molecule is CCOc1cc(OC(C)C)c(F)c(C(Nc2ccc(-c3noc(C)n3)cc2)c2nc(-c3ccccc3S(C)(=O)=O)cn2C(c2ccccc2)(c2ccccc2)c2ccccc2)c1. The van der Waals surface area contributed by atoms with Crippen LogP contribution in [-0.4, -0.2) is 47.1 Å². The molecular weight excluding hydrogens is 802 g/mol. The molecule has 0 spiro atoms. The molecule has 314 valence electrons. The highest BCUT2D eigenvalue weighted by Gasteiger charge is 2.42. The van der Waals surface area contributed by atoms with Crippen LogP contribution < -0.4 is 14.8 Å². The fraction of sp³-hybridized carbons (Fsp3) is 0.180. The summed E-state index contributed by atoms with van der Waals surface area (Å²) in [5.41, 5.74) is 3.76. The molecule has 0 amide bonds. The van der Waals surface area contributed by atoms with E-state index in [9.17, 15) is 8.42 Å². The van der Waals surface area contributed by atoms with Crippen molar-refractivity contribution in [2.75, 3.05) is 18.2 Å². The molecule has 8 aromatic rings. The van der Waals surface area contributed by atoms with E-state index in [0.29, 0.717) is 46.8 Å². The number of rotatable bonds is 15. The fourth-order valence-corrected chi connectivity index (χ4v) is 8.82. The van der Waals surface area contributed by atoms with Crippen molar-refractivity contribution in [1.82, 2.24) is 19.7 Å². The minimum atomic E-state index is -3.73. The molecule has 1 unspecified atom stereocenters. The van der Waals surface area contributed by atoms with Gasteiger partial charge in [-0.05, 0) is 73.9 Å². The average molecular weight is 848 g/mol. The van der Waals surface area contributed by atoms with Crippen molar-refractivity contribution in [3.63, 3.8) is 0 Å². The van der Waals surface area contributed by atoms with Crippen molar-refractivity contribution in [1.29, 1.82) is 0 Å². The molecule has 10 nitrogen and oxygen atoms in total. The Labute approximate surface area is 361 Å². The summed E-state index contributed by atoms with van der Waals surface area (Å²) >= 11 is 0. The molecule has 12 heteroatoms. The molecule has 1 N–H and O–H groups in total. The van der Waals surface area contributed by atoms with Gasteiger partial charge in [0.1, 0.15) is 23.2 Å². The lowest BCUT2D eigenvalue weighted by atomic mass is 9.76. The maximum atomic E-state index is 17.6. The quantitative estimate of drug-likeness (QED) is 0.101. The van der Waals surface area contributed by atoms with Gasteiger partial charge in [0.15, 0.2) is 21.4 Å². The van der Waals surface area contributed by atoms with Crippen molar-refractivity contribution in [2.24, 2.45) is 0 Å². The van der Waals surface area contributed by atoms with Crippen molar-refractivity contribution in [3.8, 4) is 34.1 Å². The van der Waals surface area contributed by atoms with E-state index in [1.807, 2.05) is 110 Å². The Kier molecular flexibility index (Phi) is 11.8. The zero-order valence-corrected chi connectivity index (χ0v) is 35.8. The molecule has 0 bridgehead atoms. The number of nitrogens with zero attached hydrogens (tertiary/aromatic N) is 4. The van der Waals surface area contributed by atoms with E-state index in [2.05, 4.69) is 51.9 Å². The molecule has 0 aliphatic rings. The average Bonchev–Trinajstić information content (AvgIpc) is 3.92. The van der Waals surface area contributed by atoms with Gasteiger partial charge in [-0.1, -0.05) is 114 Å². The molecule has 0 fully saturated rings. The summed E-state index contributed by atoms with van der Waals surface area (Å²) in [6.07, 6.45) is 2.70. The van der Waals surface area contributed by atoms with Gasteiger partial charge in [-0.25, -0.2) is 17.8 Å². The Bertz CT molecular complexity index is 2810. The first-order valence-corrected chi connectivity index (χ1v) is 22.2. The first-order valence-electron chi connectivity index (χ1n) is 20.3. The van der Waals surface area contributed by atoms with Crippen LogP contribution in [0.1, 0.15) is 60.8 Å². The van der Waals surface area contributed by atoms with E-state index in [1.54, 1.807) is 43.3 Å². The minimum Gasteiger partial charge on any atom is -0.494 e. The summed E-state index contributed by atoms with van der Waals surface area (Å²) in [6.45, 7) is 7.58. The zero-order chi connectivity index (χ0) is 43.4. The predicted octanol–water partition coefficient (Wildman–Crippen LogP) is 10.7. The monoisotopic (exact) mass is 847 g/mol. The summed E-state index contributed by atoms with van der Waals surface area (Å²) < 4.78 is 63.9. The van der Waals surface area contributed by atoms with Crippen LogP contribution in [0.4, 0.5) is 10.1 Å². The summed E-state index contributed by atoms with van der Waals surface area (Å²) in [7, 11) is -3.73. The number of hydrogen-bond donors (Lipinski definition) is 1. The topological polar surface area (TPSA) is 121 Å². The molecule has 0 saturated carbocycles. The molecule has 2 heterocycles. The van der Waals surface area contributed by atoms with E-state index in [4.69, 9.17) is 19.0 Å². The number of aryl methyl sites for hydroxylation is 1. The van der Waals surface area contributed by atoms with Gasteiger partial charge in [-0.3, -0.25) is 0 Å². The summed E-state index contributed by atoms with van der Waals surface area (Å²) in [4.78, 5) is 9.89. The molecule has 0 aliphatic carbocycles. The molecule has 0 radical (unpaired) electrons. The highest BCUT2D eigenvalue weighted by Crippen LogP contribution is 2.46. The summed E-state index contributed by atoms with van der Waals surface area (Å²) in [5, 5.41) is 7.73. The number of sulfone groups is 1. The lowest BCUT2D eigenvalue weighted by Gasteiger charge is -2.39. The van der Waals surface area contributed by atoms with Crippen LogP contribution in [-0.2, 0) is 15.4 Å². The number of ether oxygens (including phenoxy) is 2. The zero-order valence-electron chi connectivity index (χ0n) is 35.0. The lowest BCUT2D eigenvalue weighted by Crippen LogP contribution is -2.39. The third-order valence-electron chi connectivity index (χ3n) is 10.5. The molecule has 6 aromatic carbocycles. The molecule has 0 saturated heterocycles. The maximum Gasteiger partial charge on any atom is 0.223 e. The Morgan fingerprint density at radius 2 is 1.37 bits per heavy atom. The van der Waals surface area contributed by atoms with E-state index in [-0.39, 0.29) is 22.3 Å². The number of benzene rings is 6. The third kappa shape index (κ3) is 8.21. The molecule has 62 heavy (non-hydrogen) atoms. The predicted molar refractivity (Wildman–Crippen MR) is 239 cm³/mol. The maximum absolute atomic E-state index is 17.6. The summed E-state index contributed by atoms with van der Waals surface area (Å²) in [5.74, 6) is 1.02. The Hall–Kier alpha value is -7.05. The van der Waals surface area contributed by atoms with Crippen LogP contribution in [0.3, 0.4) is 0 Å². The Morgan fingerprint density at radius 1 is 0.790 bits per heavy atom. The minimum absolute atomic E-state index is 0.0109. The number of halogens is 1. The number of imidazole rings is 1. The van der Waals surface area contributed by atoms with Gasteiger partial charge in [0.2, 0.25) is 11.7 Å². The number of hydrogen-bond acceptors (Lipinski definition) is 9. The van der Waals surface area contributed by atoms with Crippen molar-refractivity contribution >= 4 is 15.5 Å². The van der Waals surface area contributed by atoms with Gasteiger partial charge in [-0.15, -0.1) is 0 Å². The second kappa shape index (κ2) is 17.5. The Balaban J connectivity index is 1.50. The number of aromatic nitrogens is 4. The van der Waals surface area contributed by atoms with Crippen molar-refractivity contribution < 1.29 is 26.8 Å². The van der Waals surface area contributed by atoms with Crippen LogP contribution in [0.2, 0.25) is 0 Å². The van der Waals surface area contributed by atoms with Crippen LogP contribution >= 0.6 is 0 Å². The first-order chi connectivity index (χ1) is 30.0. The standard InChI is InChI=1S/C50H46FN5O5S/c1-6-59-40-30-42(46(51)44(31-40)60-33(2)3)47(53-39-28-26-35(27-29-39)48-52-34(4)61-55-48)49-54-43(41-24-16-17-25-45(41)62(5,57)58)32-56(49)50(36-18-10-7-11-19-36,37-20-12-8-13-21-37)38-22-14-9-15-23-38/h7-33,47,53H,6H2,1-5H3. The van der Waals surface area contributed by atoms with Crippen LogP contribution in [0.25, 0.3) is 22.6 Å². The lowest BCUT2D eigenvalue weighted by molar-refractivity contribution is 0.228. The molecule has 2 aromatic heterocycles. The fourth-order valence-electron chi connectivity index (χ4n) is 7.93. The van der Waals surface area contributed by atoms with Crippen molar-refractivity contribution in [3.05, 3.63) is 198 Å². The van der Waals surface area contributed by atoms with Crippen LogP contribution in [0, 0.1) is 12.7 Å². The van der Waals surface area contributed by atoms with Crippen LogP contribution in [0.15, 0.2) is 167 Å². The van der Waals surface area contributed by atoms with Gasteiger partial charge in [0, 0.05) is 47.8 Å². The van der Waals surface area contributed by atoms with Crippen molar-refractivity contribution in [2.45, 2.75) is 50.3 Å². The number of nitrogens with one attached hydrogen (secondary N) is 1. The van der Waals surface area contributed by atoms with Gasteiger partial charge < -0.3 is 23.9 Å². The molecule has 8 rings (SSSR count). The molecular formula is C50H46FN5O5S. The summed E-state index contributed by atoms with van der Waals surface area (Å²) in [6, 6.07) is 46.5. The van der Waals surface area contributed by atoms with Gasteiger partial charge in [0.25, 0.3) is 0 Å². The molecule has 0 aliphatic heterocycles. The van der Waals surface area contributed by atoms with Gasteiger partial charge in [-0.2, -0.15) is 4.98 Å². The number of anilines is 1. The van der Waals surface area contributed by atoms with E-state index in [0.717, 1.165) is 22.3 Å². The largest absolute Gasteiger partial charge is 0.494 e. The van der Waals surface area contributed by atoms with E-state index >= 15 is 4.39 Å². The highest BCUT2D eigenvalue weighted by atomic mass is 32.2. The highest BCUT2D eigenvalue weighted by molar-refractivity contribution is 7.90.